The van der Waals surface area contributed by atoms with Gasteiger partial charge in [-0.2, -0.15) is 5.10 Å². The molecule has 28 heavy (non-hydrogen) atoms. The average molecular weight is 383 g/mol. The van der Waals surface area contributed by atoms with Crippen molar-refractivity contribution in [3.8, 4) is 0 Å². The first-order valence-electron chi connectivity index (χ1n) is 9.48. The summed E-state index contributed by atoms with van der Waals surface area (Å²) in [5, 5.41) is 8.68. The van der Waals surface area contributed by atoms with Crippen LogP contribution in [0.2, 0.25) is 0 Å². The van der Waals surface area contributed by atoms with Crippen LogP contribution in [-0.4, -0.2) is 29.0 Å². The zero-order chi connectivity index (χ0) is 19.5. The van der Waals surface area contributed by atoms with Crippen molar-refractivity contribution in [3.05, 3.63) is 54.0 Å². The number of carbonyl (C=O) groups excluding carboxylic acids is 1. The lowest BCUT2D eigenvalue weighted by molar-refractivity contribution is -0.0366. The number of esters is 1. The number of nitrogens with zero attached hydrogens (tertiary/aromatic N) is 2. The van der Waals surface area contributed by atoms with Gasteiger partial charge >= 0.3 is 5.97 Å². The third kappa shape index (κ3) is 3.71. The fourth-order valence-electron chi connectivity index (χ4n) is 3.40. The Bertz CT molecular complexity index is 996. The third-order valence-electron chi connectivity index (χ3n) is 4.78. The molecule has 1 saturated heterocycles. The van der Waals surface area contributed by atoms with E-state index in [0.29, 0.717) is 5.69 Å². The van der Waals surface area contributed by atoms with E-state index in [2.05, 4.69) is 10.4 Å². The SMILES string of the molecule is CCOC(=O)c1ccc(Nc2ccc3cnn(C4CCCCO4)c3c2)cc1F. The van der Waals surface area contributed by atoms with Crippen LogP contribution >= 0.6 is 0 Å². The van der Waals surface area contributed by atoms with Gasteiger partial charge in [0.2, 0.25) is 0 Å². The zero-order valence-electron chi connectivity index (χ0n) is 15.7. The fraction of sp³-hybridized carbons (Fsp3) is 0.333. The largest absolute Gasteiger partial charge is 0.462 e. The highest BCUT2D eigenvalue weighted by Gasteiger charge is 2.19. The molecule has 1 N–H and O–H groups in total. The van der Waals surface area contributed by atoms with Crippen LogP contribution in [0.5, 0.6) is 0 Å². The first kappa shape index (κ1) is 18.4. The summed E-state index contributed by atoms with van der Waals surface area (Å²) < 4.78 is 26.9. The quantitative estimate of drug-likeness (QED) is 0.642. The molecule has 1 unspecified atom stereocenters. The maximum atomic E-state index is 14.3. The number of ether oxygens (including phenoxy) is 2. The van der Waals surface area contributed by atoms with Crippen molar-refractivity contribution in [2.45, 2.75) is 32.4 Å². The molecule has 1 aliphatic rings. The normalized spacial score (nSPS) is 16.9. The fourth-order valence-corrected chi connectivity index (χ4v) is 3.40. The van der Waals surface area contributed by atoms with Crippen LogP contribution in [-0.2, 0) is 9.47 Å². The van der Waals surface area contributed by atoms with E-state index in [-0.39, 0.29) is 18.4 Å². The van der Waals surface area contributed by atoms with Gasteiger partial charge in [0.15, 0.2) is 6.23 Å². The van der Waals surface area contributed by atoms with E-state index in [1.807, 2.05) is 29.1 Å². The first-order valence-corrected chi connectivity index (χ1v) is 9.48. The van der Waals surface area contributed by atoms with E-state index in [9.17, 15) is 9.18 Å². The molecule has 0 radical (unpaired) electrons. The van der Waals surface area contributed by atoms with Crippen molar-refractivity contribution < 1.29 is 18.7 Å². The van der Waals surface area contributed by atoms with Crippen LogP contribution in [0, 0.1) is 5.82 Å². The molecule has 3 aromatic rings. The molecule has 0 saturated carbocycles. The van der Waals surface area contributed by atoms with E-state index in [4.69, 9.17) is 9.47 Å². The van der Waals surface area contributed by atoms with Gasteiger partial charge < -0.3 is 14.8 Å². The molecule has 7 heteroatoms. The maximum Gasteiger partial charge on any atom is 0.341 e. The number of benzene rings is 2. The summed E-state index contributed by atoms with van der Waals surface area (Å²) in [5.41, 5.74) is 2.23. The number of nitrogens with one attached hydrogen (secondary N) is 1. The van der Waals surface area contributed by atoms with Gasteiger partial charge in [0.1, 0.15) is 5.82 Å². The molecule has 0 amide bonds. The van der Waals surface area contributed by atoms with Gasteiger partial charge in [-0.1, -0.05) is 0 Å². The second kappa shape index (κ2) is 7.98. The van der Waals surface area contributed by atoms with Crippen LogP contribution < -0.4 is 5.32 Å². The average Bonchev–Trinajstić information content (AvgIpc) is 3.12. The Morgan fingerprint density at radius 3 is 2.86 bits per heavy atom. The predicted molar refractivity (Wildman–Crippen MR) is 104 cm³/mol. The van der Waals surface area contributed by atoms with Gasteiger partial charge in [-0.05, 0) is 62.6 Å². The van der Waals surface area contributed by atoms with Gasteiger partial charge in [-0.15, -0.1) is 0 Å². The van der Waals surface area contributed by atoms with Crippen molar-refractivity contribution in [2.75, 3.05) is 18.5 Å². The lowest BCUT2D eigenvalue weighted by Crippen LogP contribution is -2.18. The highest BCUT2D eigenvalue weighted by Crippen LogP contribution is 2.29. The van der Waals surface area contributed by atoms with Crippen molar-refractivity contribution in [1.82, 2.24) is 9.78 Å². The van der Waals surface area contributed by atoms with Crippen molar-refractivity contribution in [3.63, 3.8) is 0 Å². The van der Waals surface area contributed by atoms with Crippen LogP contribution in [0.1, 0.15) is 42.8 Å². The van der Waals surface area contributed by atoms with Crippen molar-refractivity contribution in [2.24, 2.45) is 0 Å². The highest BCUT2D eigenvalue weighted by molar-refractivity contribution is 5.90. The van der Waals surface area contributed by atoms with E-state index >= 15 is 0 Å². The number of halogens is 1. The number of aromatic nitrogens is 2. The number of hydrogen-bond acceptors (Lipinski definition) is 5. The lowest BCUT2D eigenvalue weighted by atomic mass is 10.1. The molecule has 6 nitrogen and oxygen atoms in total. The number of hydrogen-bond donors (Lipinski definition) is 1. The third-order valence-corrected chi connectivity index (χ3v) is 4.78. The molecule has 146 valence electrons. The minimum absolute atomic E-state index is 0.0530. The smallest absolute Gasteiger partial charge is 0.341 e. The molecule has 0 bridgehead atoms. The Morgan fingerprint density at radius 2 is 2.11 bits per heavy atom. The minimum Gasteiger partial charge on any atom is -0.462 e. The van der Waals surface area contributed by atoms with Crippen LogP contribution in [0.4, 0.5) is 15.8 Å². The summed E-state index contributed by atoms with van der Waals surface area (Å²) in [6.07, 6.45) is 4.91. The number of carbonyl (C=O) groups is 1. The van der Waals surface area contributed by atoms with E-state index in [1.165, 1.54) is 12.1 Å². The Kier molecular flexibility index (Phi) is 5.25. The number of fused-ring (bicyclic) bond motifs is 1. The van der Waals surface area contributed by atoms with Gasteiger partial charge in [0, 0.05) is 23.4 Å². The number of anilines is 2. The standard InChI is InChI=1S/C21H22FN3O3/c1-2-27-21(26)17-9-8-15(11-18(17)22)24-16-7-6-14-13-23-25(19(14)12-16)20-5-3-4-10-28-20/h6-9,11-13,20,24H,2-5,10H2,1H3. The Hall–Kier alpha value is -2.93. The molecule has 2 heterocycles. The molecule has 1 atom stereocenters. The molecule has 1 aliphatic heterocycles. The van der Waals surface area contributed by atoms with Gasteiger partial charge in [0.25, 0.3) is 0 Å². The number of rotatable bonds is 5. The van der Waals surface area contributed by atoms with Crippen LogP contribution in [0.3, 0.4) is 0 Å². The molecule has 1 aromatic heterocycles. The highest BCUT2D eigenvalue weighted by atomic mass is 19.1. The predicted octanol–water partition coefficient (Wildman–Crippen LogP) is 4.79. The second-order valence-electron chi connectivity index (χ2n) is 6.72. The zero-order valence-corrected chi connectivity index (χ0v) is 15.7. The van der Waals surface area contributed by atoms with Crippen molar-refractivity contribution in [1.29, 1.82) is 0 Å². The summed E-state index contributed by atoms with van der Waals surface area (Å²) in [7, 11) is 0. The van der Waals surface area contributed by atoms with Crippen LogP contribution in [0.25, 0.3) is 10.9 Å². The van der Waals surface area contributed by atoms with Gasteiger partial charge in [0.05, 0.1) is 23.9 Å². The van der Waals surface area contributed by atoms with E-state index in [0.717, 1.165) is 42.5 Å². The Balaban J connectivity index is 1.58. The topological polar surface area (TPSA) is 65.4 Å². The van der Waals surface area contributed by atoms with Gasteiger partial charge in [-0.3, -0.25) is 0 Å². The van der Waals surface area contributed by atoms with Crippen molar-refractivity contribution >= 4 is 28.2 Å². The Morgan fingerprint density at radius 1 is 1.29 bits per heavy atom. The minimum atomic E-state index is -0.663. The molecule has 4 rings (SSSR count). The maximum absolute atomic E-state index is 14.3. The summed E-state index contributed by atoms with van der Waals surface area (Å²) in [5.74, 6) is -1.28. The molecular weight excluding hydrogens is 361 g/mol. The monoisotopic (exact) mass is 383 g/mol. The molecule has 1 fully saturated rings. The Labute approximate surface area is 162 Å². The molecule has 2 aromatic carbocycles. The first-order chi connectivity index (χ1) is 13.7. The lowest BCUT2D eigenvalue weighted by Gasteiger charge is -2.23. The summed E-state index contributed by atoms with van der Waals surface area (Å²) in [4.78, 5) is 11.7. The van der Waals surface area contributed by atoms with E-state index in [1.54, 1.807) is 13.0 Å². The summed E-state index contributed by atoms with van der Waals surface area (Å²) in [6, 6.07) is 10.2. The molecular formula is C21H22FN3O3. The molecule has 0 aliphatic carbocycles. The second-order valence-corrected chi connectivity index (χ2v) is 6.72. The summed E-state index contributed by atoms with van der Waals surface area (Å²) >= 11 is 0. The van der Waals surface area contributed by atoms with Gasteiger partial charge in [-0.25, -0.2) is 13.9 Å². The molecule has 0 spiro atoms. The summed E-state index contributed by atoms with van der Waals surface area (Å²) in [6.45, 7) is 2.64. The van der Waals surface area contributed by atoms with E-state index < -0.39 is 11.8 Å². The van der Waals surface area contributed by atoms with Crippen LogP contribution in [0.15, 0.2) is 42.6 Å².